The topological polar surface area (TPSA) is 64.0 Å². The van der Waals surface area contributed by atoms with Gasteiger partial charge in [-0.25, -0.2) is 8.42 Å². The number of sulfone groups is 1. The first-order chi connectivity index (χ1) is 9.50. The third-order valence-corrected chi connectivity index (χ3v) is 5.80. The first-order valence-electron chi connectivity index (χ1n) is 7.40. The molecule has 6 heteroatoms. The number of aryl methyl sites for hydroxylation is 1. The summed E-state index contributed by atoms with van der Waals surface area (Å²) in [4.78, 5) is 0. The molecule has 20 heavy (non-hydrogen) atoms. The van der Waals surface area contributed by atoms with E-state index in [1.165, 1.54) is 0 Å². The van der Waals surface area contributed by atoms with Crippen molar-refractivity contribution in [3.63, 3.8) is 0 Å². The molecule has 0 amide bonds. The SMILES string of the molecule is CCCNCC(Cc1ccn(C)n1)C1CCS(=O)(=O)C1. The van der Waals surface area contributed by atoms with Crippen LogP contribution in [0.2, 0.25) is 0 Å². The van der Waals surface area contributed by atoms with E-state index < -0.39 is 9.84 Å². The Morgan fingerprint density at radius 1 is 1.55 bits per heavy atom. The van der Waals surface area contributed by atoms with E-state index in [9.17, 15) is 8.42 Å². The van der Waals surface area contributed by atoms with Crippen molar-refractivity contribution in [3.8, 4) is 0 Å². The minimum absolute atomic E-state index is 0.270. The molecule has 0 spiro atoms. The molecule has 1 fully saturated rings. The van der Waals surface area contributed by atoms with Crippen LogP contribution >= 0.6 is 0 Å². The maximum Gasteiger partial charge on any atom is 0.150 e. The predicted molar refractivity (Wildman–Crippen MR) is 80.3 cm³/mol. The number of rotatable bonds is 7. The van der Waals surface area contributed by atoms with Gasteiger partial charge in [0, 0.05) is 13.2 Å². The summed E-state index contributed by atoms with van der Waals surface area (Å²) < 4.78 is 25.2. The molecule has 1 aliphatic heterocycles. The van der Waals surface area contributed by atoms with E-state index in [0.717, 1.165) is 38.0 Å². The highest BCUT2D eigenvalue weighted by Crippen LogP contribution is 2.28. The van der Waals surface area contributed by atoms with Crippen molar-refractivity contribution < 1.29 is 8.42 Å². The number of hydrogen-bond donors (Lipinski definition) is 1. The highest BCUT2D eigenvalue weighted by atomic mass is 32.2. The van der Waals surface area contributed by atoms with Gasteiger partial charge in [-0.1, -0.05) is 6.92 Å². The van der Waals surface area contributed by atoms with Gasteiger partial charge in [0.15, 0.2) is 9.84 Å². The molecule has 5 nitrogen and oxygen atoms in total. The van der Waals surface area contributed by atoms with Crippen molar-refractivity contribution in [2.45, 2.75) is 26.2 Å². The minimum Gasteiger partial charge on any atom is -0.316 e. The summed E-state index contributed by atoms with van der Waals surface area (Å²) in [6.45, 7) is 4.00. The zero-order valence-corrected chi connectivity index (χ0v) is 13.2. The summed E-state index contributed by atoms with van der Waals surface area (Å²) in [7, 11) is -0.901. The van der Waals surface area contributed by atoms with E-state index in [4.69, 9.17) is 0 Å². The second kappa shape index (κ2) is 6.72. The van der Waals surface area contributed by atoms with Crippen LogP contribution in [-0.4, -0.2) is 42.8 Å². The van der Waals surface area contributed by atoms with Crippen LogP contribution in [0.15, 0.2) is 12.3 Å². The Labute approximate surface area is 121 Å². The molecule has 1 N–H and O–H groups in total. The number of nitrogens with zero attached hydrogens (tertiary/aromatic N) is 2. The zero-order chi connectivity index (χ0) is 14.6. The van der Waals surface area contributed by atoms with Gasteiger partial charge < -0.3 is 5.32 Å². The first-order valence-corrected chi connectivity index (χ1v) is 9.22. The highest BCUT2D eigenvalue weighted by Gasteiger charge is 2.33. The van der Waals surface area contributed by atoms with Crippen molar-refractivity contribution in [1.82, 2.24) is 15.1 Å². The summed E-state index contributed by atoms with van der Waals surface area (Å²) in [6.07, 6.45) is 4.70. The van der Waals surface area contributed by atoms with Gasteiger partial charge in [-0.15, -0.1) is 0 Å². The lowest BCUT2D eigenvalue weighted by molar-refractivity contribution is 0.340. The molecule has 0 aromatic carbocycles. The average Bonchev–Trinajstić information content (AvgIpc) is 2.94. The van der Waals surface area contributed by atoms with Crippen LogP contribution in [0.25, 0.3) is 0 Å². The molecule has 0 bridgehead atoms. The highest BCUT2D eigenvalue weighted by molar-refractivity contribution is 7.91. The van der Waals surface area contributed by atoms with E-state index in [1.54, 1.807) is 4.68 Å². The third kappa shape index (κ3) is 4.31. The Morgan fingerprint density at radius 2 is 2.35 bits per heavy atom. The second-order valence-electron chi connectivity index (χ2n) is 5.81. The average molecular weight is 299 g/mol. The van der Waals surface area contributed by atoms with E-state index in [2.05, 4.69) is 17.3 Å². The van der Waals surface area contributed by atoms with Gasteiger partial charge >= 0.3 is 0 Å². The van der Waals surface area contributed by atoms with Crippen LogP contribution in [0, 0.1) is 11.8 Å². The maximum atomic E-state index is 11.7. The third-order valence-electron chi connectivity index (χ3n) is 4.01. The fourth-order valence-corrected chi connectivity index (χ4v) is 4.83. The van der Waals surface area contributed by atoms with Crippen LogP contribution in [0.1, 0.15) is 25.5 Å². The molecular weight excluding hydrogens is 274 g/mol. The molecule has 1 aromatic heterocycles. The van der Waals surface area contributed by atoms with Crippen LogP contribution in [0.5, 0.6) is 0 Å². The van der Waals surface area contributed by atoms with Crippen molar-refractivity contribution in [2.24, 2.45) is 18.9 Å². The molecular formula is C14H25N3O2S. The lowest BCUT2D eigenvalue weighted by Gasteiger charge is -2.22. The van der Waals surface area contributed by atoms with Gasteiger partial charge in [0.2, 0.25) is 0 Å². The summed E-state index contributed by atoms with van der Waals surface area (Å²) in [5.41, 5.74) is 1.06. The molecule has 2 atom stereocenters. The molecule has 1 aliphatic rings. The maximum absolute atomic E-state index is 11.7. The summed E-state index contributed by atoms with van der Waals surface area (Å²) >= 11 is 0. The molecule has 2 heterocycles. The van der Waals surface area contributed by atoms with Gasteiger partial charge in [0.1, 0.15) is 0 Å². The summed E-state index contributed by atoms with van der Waals surface area (Å²) in [6, 6.07) is 2.02. The van der Waals surface area contributed by atoms with Crippen molar-refractivity contribution >= 4 is 9.84 Å². The second-order valence-corrected chi connectivity index (χ2v) is 8.04. The fraction of sp³-hybridized carbons (Fsp3) is 0.786. The Bertz CT molecular complexity index is 524. The van der Waals surface area contributed by atoms with Crippen molar-refractivity contribution in [2.75, 3.05) is 24.6 Å². The van der Waals surface area contributed by atoms with E-state index in [0.29, 0.717) is 17.4 Å². The number of aromatic nitrogens is 2. The van der Waals surface area contributed by atoms with Crippen molar-refractivity contribution in [3.05, 3.63) is 18.0 Å². The lowest BCUT2D eigenvalue weighted by atomic mass is 9.88. The first kappa shape index (κ1) is 15.5. The summed E-state index contributed by atoms with van der Waals surface area (Å²) in [5.74, 6) is 1.32. The van der Waals surface area contributed by atoms with E-state index in [-0.39, 0.29) is 5.92 Å². The van der Waals surface area contributed by atoms with Gasteiger partial charge in [-0.3, -0.25) is 4.68 Å². The quantitative estimate of drug-likeness (QED) is 0.763. The normalized spacial score (nSPS) is 23.0. The smallest absolute Gasteiger partial charge is 0.150 e. The Kier molecular flexibility index (Phi) is 5.21. The molecule has 2 rings (SSSR count). The number of hydrogen-bond acceptors (Lipinski definition) is 4. The van der Waals surface area contributed by atoms with Gasteiger partial charge in [0.25, 0.3) is 0 Å². The Balaban J connectivity index is 2.00. The number of nitrogens with one attached hydrogen (secondary N) is 1. The van der Waals surface area contributed by atoms with Crippen LogP contribution in [-0.2, 0) is 23.3 Å². The van der Waals surface area contributed by atoms with E-state index in [1.807, 2.05) is 19.3 Å². The molecule has 2 unspecified atom stereocenters. The Morgan fingerprint density at radius 3 is 2.90 bits per heavy atom. The molecule has 0 saturated carbocycles. The predicted octanol–water partition coefficient (Wildman–Crippen LogP) is 1.01. The van der Waals surface area contributed by atoms with Gasteiger partial charge in [-0.05, 0) is 50.3 Å². The largest absolute Gasteiger partial charge is 0.316 e. The summed E-state index contributed by atoms with van der Waals surface area (Å²) in [5, 5.41) is 7.86. The van der Waals surface area contributed by atoms with Crippen LogP contribution in [0.3, 0.4) is 0 Å². The minimum atomic E-state index is -2.81. The molecule has 0 aliphatic carbocycles. The molecule has 114 valence electrons. The van der Waals surface area contributed by atoms with Crippen LogP contribution in [0.4, 0.5) is 0 Å². The zero-order valence-electron chi connectivity index (χ0n) is 12.4. The fourth-order valence-electron chi connectivity index (χ4n) is 2.91. The molecule has 0 radical (unpaired) electrons. The monoisotopic (exact) mass is 299 g/mol. The standard InChI is InChI=1S/C14H25N3O2S/c1-3-6-15-10-13(9-14-4-7-17(2)16-14)12-5-8-20(18,19)11-12/h4,7,12-13,15H,3,5-6,8-11H2,1-2H3. The molecule has 1 saturated heterocycles. The molecule has 1 aromatic rings. The lowest BCUT2D eigenvalue weighted by Crippen LogP contribution is -2.31. The van der Waals surface area contributed by atoms with Gasteiger partial charge in [0.05, 0.1) is 17.2 Å². The Hall–Kier alpha value is -0.880. The van der Waals surface area contributed by atoms with Gasteiger partial charge in [-0.2, -0.15) is 5.10 Å². The van der Waals surface area contributed by atoms with E-state index >= 15 is 0 Å². The van der Waals surface area contributed by atoms with Crippen LogP contribution < -0.4 is 5.32 Å². The van der Waals surface area contributed by atoms with Crippen molar-refractivity contribution in [1.29, 1.82) is 0 Å².